The molecule has 0 aromatic carbocycles. The largest absolute Gasteiger partial charge is 0.466 e. The Morgan fingerprint density at radius 2 is 2.14 bits per heavy atom. The van der Waals surface area contributed by atoms with Gasteiger partial charge in [-0.05, 0) is 31.2 Å². The molecular formula is C16H23NO3S. The highest BCUT2D eigenvalue weighted by Crippen LogP contribution is 2.25. The minimum atomic E-state index is -0.218. The molecule has 1 fully saturated rings. The van der Waals surface area contributed by atoms with E-state index in [9.17, 15) is 9.59 Å². The molecule has 1 aromatic rings. The molecule has 4 nitrogen and oxygen atoms in total. The molecule has 1 aliphatic carbocycles. The van der Waals surface area contributed by atoms with E-state index in [1.807, 2.05) is 22.4 Å². The fourth-order valence-corrected chi connectivity index (χ4v) is 3.53. The number of thiophene rings is 1. The Kier molecular flexibility index (Phi) is 6.23. The molecule has 0 bridgehead atoms. The zero-order valence-electron chi connectivity index (χ0n) is 12.5. The van der Waals surface area contributed by atoms with Gasteiger partial charge in [-0.25, -0.2) is 0 Å². The second-order valence-electron chi connectivity index (χ2n) is 5.34. The maximum absolute atomic E-state index is 12.5. The van der Waals surface area contributed by atoms with E-state index in [4.69, 9.17) is 4.74 Å². The van der Waals surface area contributed by atoms with Crippen molar-refractivity contribution in [2.24, 2.45) is 0 Å². The predicted molar refractivity (Wildman–Crippen MR) is 83.2 cm³/mol. The molecule has 1 heterocycles. The fraction of sp³-hybridized carbons (Fsp3) is 0.625. The highest BCUT2D eigenvalue weighted by Gasteiger charge is 2.27. The third-order valence-electron chi connectivity index (χ3n) is 3.85. The van der Waals surface area contributed by atoms with Gasteiger partial charge in [0, 0.05) is 17.5 Å². The smallest absolute Gasteiger partial charge is 0.307 e. The monoisotopic (exact) mass is 309 g/mol. The van der Waals surface area contributed by atoms with Crippen LogP contribution in [0.5, 0.6) is 0 Å². The van der Waals surface area contributed by atoms with Crippen LogP contribution in [-0.4, -0.2) is 36.0 Å². The summed E-state index contributed by atoms with van der Waals surface area (Å²) in [5, 5.41) is 1.99. The van der Waals surface area contributed by atoms with Crippen LogP contribution in [0.4, 0.5) is 0 Å². The van der Waals surface area contributed by atoms with E-state index in [-0.39, 0.29) is 11.9 Å². The second kappa shape index (κ2) is 8.17. The normalized spacial score (nSPS) is 15.1. The van der Waals surface area contributed by atoms with Crippen LogP contribution in [0.1, 0.15) is 43.9 Å². The first-order valence-electron chi connectivity index (χ1n) is 7.68. The third-order valence-corrected chi connectivity index (χ3v) is 4.73. The van der Waals surface area contributed by atoms with Crippen LogP contribution in [0.15, 0.2) is 17.5 Å². The lowest BCUT2D eigenvalue weighted by Gasteiger charge is -2.28. The Morgan fingerprint density at radius 1 is 1.38 bits per heavy atom. The fourth-order valence-electron chi connectivity index (χ4n) is 2.84. The van der Waals surface area contributed by atoms with Crippen LogP contribution in [0.3, 0.4) is 0 Å². The molecule has 21 heavy (non-hydrogen) atoms. The summed E-state index contributed by atoms with van der Waals surface area (Å²) in [5.74, 6) is -0.0851. The van der Waals surface area contributed by atoms with Crippen molar-refractivity contribution in [3.8, 4) is 0 Å². The molecule has 0 N–H and O–H groups in total. The zero-order valence-corrected chi connectivity index (χ0v) is 13.4. The molecule has 0 aliphatic heterocycles. The Labute approximate surface area is 130 Å². The van der Waals surface area contributed by atoms with Crippen molar-refractivity contribution < 1.29 is 14.3 Å². The first-order valence-corrected chi connectivity index (χ1v) is 8.56. The number of ether oxygens (including phenoxy) is 1. The van der Waals surface area contributed by atoms with Crippen molar-refractivity contribution in [2.75, 3.05) is 13.2 Å². The standard InChI is InChI=1S/C16H23NO3S/c1-2-20-16(19)9-10-17(13-6-3-4-7-13)15(18)12-14-8-5-11-21-14/h5,8,11,13H,2-4,6-7,9-10,12H2,1H3. The summed E-state index contributed by atoms with van der Waals surface area (Å²) in [6, 6.07) is 4.25. The number of amides is 1. The lowest BCUT2D eigenvalue weighted by molar-refractivity contribution is -0.144. The Morgan fingerprint density at radius 3 is 2.76 bits per heavy atom. The van der Waals surface area contributed by atoms with Crippen molar-refractivity contribution in [3.63, 3.8) is 0 Å². The summed E-state index contributed by atoms with van der Waals surface area (Å²) >= 11 is 1.60. The van der Waals surface area contributed by atoms with Gasteiger partial charge in [0.25, 0.3) is 0 Å². The van der Waals surface area contributed by atoms with Crippen molar-refractivity contribution in [2.45, 2.75) is 51.5 Å². The van der Waals surface area contributed by atoms with Gasteiger partial charge in [-0.3, -0.25) is 9.59 Å². The van der Waals surface area contributed by atoms with Crippen LogP contribution >= 0.6 is 11.3 Å². The first kappa shape index (κ1) is 16.0. The molecule has 116 valence electrons. The zero-order chi connectivity index (χ0) is 15.1. The number of esters is 1. The molecule has 1 saturated carbocycles. The summed E-state index contributed by atoms with van der Waals surface area (Å²) < 4.78 is 4.97. The predicted octanol–water partition coefficient (Wildman–Crippen LogP) is 3.02. The van der Waals surface area contributed by atoms with Crippen LogP contribution in [-0.2, 0) is 20.7 Å². The van der Waals surface area contributed by atoms with Gasteiger partial charge in [0.05, 0.1) is 19.4 Å². The van der Waals surface area contributed by atoms with Gasteiger partial charge in [-0.1, -0.05) is 18.9 Å². The number of hydrogen-bond donors (Lipinski definition) is 0. The van der Waals surface area contributed by atoms with Crippen LogP contribution < -0.4 is 0 Å². The average molecular weight is 309 g/mol. The molecule has 0 radical (unpaired) electrons. The van der Waals surface area contributed by atoms with Gasteiger partial charge in [0.2, 0.25) is 5.91 Å². The van der Waals surface area contributed by atoms with Gasteiger partial charge in [0.1, 0.15) is 0 Å². The Balaban J connectivity index is 1.94. The second-order valence-corrected chi connectivity index (χ2v) is 6.37. The van der Waals surface area contributed by atoms with Crippen LogP contribution in [0, 0.1) is 0 Å². The summed E-state index contributed by atoms with van der Waals surface area (Å²) in [6.07, 6.45) is 5.19. The van der Waals surface area contributed by atoms with E-state index in [2.05, 4.69) is 0 Å². The maximum Gasteiger partial charge on any atom is 0.307 e. The third kappa shape index (κ3) is 4.84. The summed E-state index contributed by atoms with van der Waals surface area (Å²) in [6.45, 7) is 2.67. The molecule has 0 unspecified atom stereocenters. The number of rotatable bonds is 7. The lowest BCUT2D eigenvalue weighted by atomic mass is 10.1. The highest BCUT2D eigenvalue weighted by atomic mass is 32.1. The van der Waals surface area contributed by atoms with E-state index in [0.29, 0.717) is 32.0 Å². The minimum Gasteiger partial charge on any atom is -0.466 e. The number of carbonyl (C=O) groups is 2. The summed E-state index contributed by atoms with van der Waals surface area (Å²) in [7, 11) is 0. The average Bonchev–Trinajstić information content (AvgIpc) is 3.12. The van der Waals surface area contributed by atoms with Gasteiger partial charge in [0.15, 0.2) is 0 Å². The van der Waals surface area contributed by atoms with E-state index >= 15 is 0 Å². The van der Waals surface area contributed by atoms with Crippen LogP contribution in [0.2, 0.25) is 0 Å². The van der Waals surface area contributed by atoms with E-state index in [1.165, 1.54) is 12.8 Å². The van der Waals surface area contributed by atoms with Gasteiger partial charge >= 0.3 is 5.97 Å². The SMILES string of the molecule is CCOC(=O)CCN(C(=O)Cc1cccs1)C1CCCC1. The first-order chi connectivity index (χ1) is 10.2. The van der Waals surface area contributed by atoms with Crippen molar-refractivity contribution in [1.82, 2.24) is 4.90 Å². The molecule has 1 amide bonds. The van der Waals surface area contributed by atoms with Crippen molar-refractivity contribution in [3.05, 3.63) is 22.4 Å². The Hall–Kier alpha value is -1.36. The molecular weight excluding hydrogens is 286 g/mol. The quantitative estimate of drug-likeness (QED) is 0.727. The van der Waals surface area contributed by atoms with Crippen LogP contribution in [0.25, 0.3) is 0 Å². The molecule has 0 atom stereocenters. The minimum absolute atomic E-state index is 0.133. The number of nitrogens with zero attached hydrogens (tertiary/aromatic N) is 1. The molecule has 0 saturated heterocycles. The van der Waals surface area contributed by atoms with E-state index in [0.717, 1.165) is 17.7 Å². The van der Waals surface area contributed by atoms with E-state index in [1.54, 1.807) is 18.3 Å². The maximum atomic E-state index is 12.5. The van der Waals surface area contributed by atoms with Gasteiger partial charge < -0.3 is 9.64 Å². The molecule has 1 aliphatic rings. The van der Waals surface area contributed by atoms with E-state index < -0.39 is 0 Å². The summed E-state index contributed by atoms with van der Waals surface area (Å²) in [4.78, 5) is 27.1. The Bertz CT molecular complexity index is 452. The molecule has 2 rings (SSSR count). The number of hydrogen-bond acceptors (Lipinski definition) is 4. The van der Waals surface area contributed by atoms with Crippen molar-refractivity contribution in [1.29, 1.82) is 0 Å². The lowest BCUT2D eigenvalue weighted by Crippen LogP contribution is -2.41. The summed E-state index contributed by atoms with van der Waals surface area (Å²) in [5.41, 5.74) is 0. The number of carbonyl (C=O) groups excluding carboxylic acids is 2. The highest BCUT2D eigenvalue weighted by molar-refractivity contribution is 7.10. The van der Waals surface area contributed by atoms with Gasteiger partial charge in [-0.2, -0.15) is 0 Å². The molecule has 5 heteroatoms. The molecule has 0 spiro atoms. The topological polar surface area (TPSA) is 46.6 Å². The van der Waals surface area contributed by atoms with Crippen molar-refractivity contribution >= 4 is 23.2 Å². The van der Waals surface area contributed by atoms with Gasteiger partial charge in [-0.15, -0.1) is 11.3 Å². The molecule has 1 aromatic heterocycles.